The monoisotopic (exact) mass is 216 g/mol. The highest BCUT2D eigenvalue weighted by atomic mass is 16.3. The van der Waals surface area contributed by atoms with Gasteiger partial charge in [0.15, 0.2) is 0 Å². The van der Waals surface area contributed by atoms with Crippen molar-refractivity contribution in [1.82, 2.24) is 10.6 Å². The highest BCUT2D eigenvalue weighted by molar-refractivity contribution is 5.85. The third kappa shape index (κ3) is 5.74. The highest BCUT2D eigenvalue weighted by Gasteiger charge is 2.25. The van der Waals surface area contributed by atoms with Crippen molar-refractivity contribution >= 4 is 5.91 Å². The summed E-state index contributed by atoms with van der Waals surface area (Å²) in [6, 6.07) is 0. The Morgan fingerprint density at radius 2 is 2.00 bits per heavy atom. The minimum Gasteiger partial charge on any atom is -0.391 e. The van der Waals surface area contributed by atoms with Crippen LogP contribution in [0.4, 0.5) is 0 Å². The van der Waals surface area contributed by atoms with Crippen molar-refractivity contribution in [2.45, 2.75) is 52.2 Å². The Morgan fingerprint density at radius 3 is 2.47 bits per heavy atom. The van der Waals surface area contributed by atoms with Crippen LogP contribution in [0.15, 0.2) is 0 Å². The van der Waals surface area contributed by atoms with Crippen molar-refractivity contribution in [2.75, 3.05) is 13.1 Å². The van der Waals surface area contributed by atoms with Gasteiger partial charge in [0.1, 0.15) is 0 Å². The van der Waals surface area contributed by atoms with E-state index < -0.39 is 11.6 Å². The summed E-state index contributed by atoms with van der Waals surface area (Å²) in [5.74, 6) is -0.0699. The third-order valence-electron chi connectivity index (χ3n) is 2.31. The van der Waals surface area contributed by atoms with E-state index in [0.29, 0.717) is 6.54 Å². The molecule has 1 atom stereocenters. The van der Waals surface area contributed by atoms with E-state index >= 15 is 0 Å². The summed E-state index contributed by atoms with van der Waals surface area (Å²) in [6.07, 6.45) is 1.21. The summed E-state index contributed by atoms with van der Waals surface area (Å²) in [7, 11) is 0. The molecule has 0 saturated carbocycles. The van der Waals surface area contributed by atoms with Crippen molar-refractivity contribution in [3.8, 4) is 0 Å². The van der Waals surface area contributed by atoms with Crippen LogP contribution in [-0.2, 0) is 4.79 Å². The molecule has 1 amide bonds. The van der Waals surface area contributed by atoms with Gasteiger partial charge in [0.05, 0.1) is 11.6 Å². The second-order valence-electron chi connectivity index (χ2n) is 4.31. The number of carbonyl (C=O) groups is 1. The van der Waals surface area contributed by atoms with Crippen LogP contribution in [0, 0.1) is 0 Å². The average Bonchev–Trinajstić information content (AvgIpc) is 2.14. The van der Waals surface area contributed by atoms with Gasteiger partial charge in [-0.05, 0) is 26.8 Å². The largest absolute Gasteiger partial charge is 0.391 e. The zero-order valence-electron chi connectivity index (χ0n) is 10.3. The normalized spacial score (nSPS) is 13.7. The standard InChI is InChI=1S/C11H24N2O2/c1-5-7-9(14)8-12-10(15)11(3,4)13-6-2/h9,13-14H,5-8H2,1-4H3,(H,12,15). The molecule has 0 aromatic heterocycles. The van der Waals surface area contributed by atoms with Gasteiger partial charge >= 0.3 is 0 Å². The zero-order valence-corrected chi connectivity index (χ0v) is 10.3. The molecule has 15 heavy (non-hydrogen) atoms. The second-order valence-corrected chi connectivity index (χ2v) is 4.31. The van der Waals surface area contributed by atoms with E-state index in [1.807, 2.05) is 27.7 Å². The van der Waals surface area contributed by atoms with E-state index in [9.17, 15) is 9.90 Å². The fraction of sp³-hybridized carbons (Fsp3) is 0.909. The SMILES string of the molecule is CCCC(O)CNC(=O)C(C)(C)NCC. The fourth-order valence-electron chi connectivity index (χ4n) is 1.39. The maximum Gasteiger partial charge on any atom is 0.239 e. The number of amides is 1. The van der Waals surface area contributed by atoms with Crippen molar-refractivity contribution in [3.63, 3.8) is 0 Å². The second kappa shape index (κ2) is 6.80. The molecule has 0 aromatic carbocycles. The summed E-state index contributed by atoms with van der Waals surface area (Å²) in [5, 5.41) is 15.3. The lowest BCUT2D eigenvalue weighted by Crippen LogP contribution is -2.53. The number of hydrogen-bond donors (Lipinski definition) is 3. The first kappa shape index (κ1) is 14.4. The molecule has 4 nitrogen and oxygen atoms in total. The van der Waals surface area contributed by atoms with Gasteiger partial charge in [0.25, 0.3) is 0 Å². The molecule has 1 unspecified atom stereocenters. The Hall–Kier alpha value is -0.610. The van der Waals surface area contributed by atoms with Gasteiger partial charge in [-0.2, -0.15) is 0 Å². The molecule has 0 radical (unpaired) electrons. The lowest BCUT2D eigenvalue weighted by atomic mass is 10.0. The molecule has 90 valence electrons. The Labute approximate surface area is 92.4 Å². The molecule has 0 heterocycles. The van der Waals surface area contributed by atoms with Gasteiger partial charge in [-0.3, -0.25) is 4.79 Å². The minimum atomic E-state index is -0.569. The molecule has 0 aliphatic heterocycles. The van der Waals surface area contributed by atoms with E-state index in [1.165, 1.54) is 0 Å². The van der Waals surface area contributed by atoms with Gasteiger partial charge in [0.2, 0.25) is 5.91 Å². The van der Waals surface area contributed by atoms with E-state index in [-0.39, 0.29) is 5.91 Å². The fourth-order valence-corrected chi connectivity index (χ4v) is 1.39. The predicted octanol–water partition coefficient (Wildman–Crippen LogP) is 0.652. The molecule has 0 fully saturated rings. The van der Waals surface area contributed by atoms with Gasteiger partial charge in [-0.25, -0.2) is 0 Å². The summed E-state index contributed by atoms with van der Waals surface area (Å²) in [6.45, 7) is 8.71. The predicted molar refractivity (Wildman–Crippen MR) is 61.7 cm³/mol. The molecule has 0 saturated heterocycles. The van der Waals surface area contributed by atoms with Crippen LogP contribution in [-0.4, -0.2) is 35.7 Å². The van der Waals surface area contributed by atoms with Crippen molar-refractivity contribution in [1.29, 1.82) is 0 Å². The molecule has 0 spiro atoms. The number of aliphatic hydroxyl groups is 1. The topological polar surface area (TPSA) is 61.4 Å². The molecular formula is C11H24N2O2. The summed E-state index contributed by atoms with van der Waals surface area (Å²) in [5.41, 5.74) is -0.569. The molecule has 4 heteroatoms. The number of hydrogen-bond acceptors (Lipinski definition) is 3. The summed E-state index contributed by atoms with van der Waals surface area (Å²) < 4.78 is 0. The average molecular weight is 216 g/mol. The Bertz CT molecular complexity index is 193. The number of aliphatic hydroxyl groups excluding tert-OH is 1. The molecule has 0 aliphatic rings. The van der Waals surface area contributed by atoms with E-state index in [1.54, 1.807) is 0 Å². The van der Waals surface area contributed by atoms with Gasteiger partial charge in [-0.1, -0.05) is 20.3 Å². The Morgan fingerprint density at radius 1 is 1.40 bits per heavy atom. The van der Waals surface area contributed by atoms with E-state index in [2.05, 4.69) is 10.6 Å². The quantitative estimate of drug-likeness (QED) is 0.585. The van der Waals surface area contributed by atoms with Crippen LogP contribution < -0.4 is 10.6 Å². The highest BCUT2D eigenvalue weighted by Crippen LogP contribution is 2.02. The van der Waals surface area contributed by atoms with Gasteiger partial charge < -0.3 is 15.7 Å². The van der Waals surface area contributed by atoms with Gasteiger partial charge in [-0.15, -0.1) is 0 Å². The Kier molecular flexibility index (Phi) is 6.52. The van der Waals surface area contributed by atoms with Crippen LogP contribution in [0.25, 0.3) is 0 Å². The minimum absolute atomic E-state index is 0.0699. The number of carbonyl (C=O) groups excluding carboxylic acids is 1. The van der Waals surface area contributed by atoms with Crippen LogP contribution in [0.5, 0.6) is 0 Å². The lowest BCUT2D eigenvalue weighted by molar-refractivity contribution is -0.126. The summed E-state index contributed by atoms with van der Waals surface area (Å²) in [4.78, 5) is 11.7. The van der Waals surface area contributed by atoms with E-state index in [0.717, 1.165) is 19.4 Å². The maximum atomic E-state index is 11.7. The lowest BCUT2D eigenvalue weighted by Gasteiger charge is -2.25. The number of nitrogens with one attached hydrogen (secondary N) is 2. The van der Waals surface area contributed by atoms with Crippen LogP contribution >= 0.6 is 0 Å². The zero-order chi connectivity index (χ0) is 11.9. The first-order chi connectivity index (χ1) is 6.94. The smallest absolute Gasteiger partial charge is 0.239 e. The molecule has 0 aromatic rings. The first-order valence-corrected chi connectivity index (χ1v) is 5.65. The van der Waals surface area contributed by atoms with Crippen molar-refractivity contribution in [3.05, 3.63) is 0 Å². The van der Waals surface area contributed by atoms with Crippen LogP contribution in [0.1, 0.15) is 40.5 Å². The Balaban J connectivity index is 3.92. The molecule has 0 aliphatic carbocycles. The molecule has 0 rings (SSSR count). The van der Waals surface area contributed by atoms with E-state index in [4.69, 9.17) is 0 Å². The van der Waals surface area contributed by atoms with Crippen molar-refractivity contribution < 1.29 is 9.90 Å². The number of rotatable bonds is 7. The maximum absolute atomic E-state index is 11.7. The van der Waals surface area contributed by atoms with Gasteiger partial charge in [0, 0.05) is 6.54 Å². The molecule has 0 bridgehead atoms. The van der Waals surface area contributed by atoms with Crippen LogP contribution in [0.3, 0.4) is 0 Å². The molecule has 3 N–H and O–H groups in total. The number of likely N-dealkylation sites (N-methyl/N-ethyl adjacent to an activating group) is 1. The third-order valence-corrected chi connectivity index (χ3v) is 2.31. The first-order valence-electron chi connectivity index (χ1n) is 5.65. The van der Waals surface area contributed by atoms with Crippen molar-refractivity contribution in [2.24, 2.45) is 0 Å². The summed E-state index contributed by atoms with van der Waals surface area (Å²) >= 11 is 0. The molecular weight excluding hydrogens is 192 g/mol. The van der Waals surface area contributed by atoms with Crippen LogP contribution in [0.2, 0.25) is 0 Å².